The Bertz CT molecular complexity index is 1110. The lowest BCUT2D eigenvalue weighted by Gasteiger charge is -2.28. The fourth-order valence-electron chi connectivity index (χ4n) is 3.62. The van der Waals surface area contributed by atoms with E-state index in [0.29, 0.717) is 13.0 Å². The number of ether oxygens (including phenoxy) is 1. The van der Waals surface area contributed by atoms with Crippen molar-refractivity contribution in [2.24, 2.45) is 10.9 Å². The van der Waals surface area contributed by atoms with Gasteiger partial charge in [-0.3, -0.25) is 15.1 Å². The third-order valence-electron chi connectivity index (χ3n) is 5.58. The maximum Gasteiger partial charge on any atom is 0.323 e. The van der Waals surface area contributed by atoms with E-state index in [0.717, 1.165) is 36.3 Å². The molecule has 2 aromatic rings. The van der Waals surface area contributed by atoms with Crippen molar-refractivity contribution in [1.29, 1.82) is 0 Å². The summed E-state index contributed by atoms with van der Waals surface area (Å²) in [4.78, 5) is 14.6. The Balaban J connectivity index is 2.23. The molecule has 0 bridgehead atoms. The van der Waals surface area contributed by atoms with E-state index >= 15 is 0 Å². The van der Waals surface area contributed by atoms with Gasteiger partial charge in [0.15, 0.2) is 6.40 Å². The second-order valence-corrected chi connectivity index (χ2v) is 11.1. The van der Waals surface area contributed by atoms with E-state index in [1.165, 1.54) is 30.9 Å². The normalized spacial score (nSPS) is 13.7. The lowest BCUT2D eigenvalue weighted by molar-refractivity contribution is -0.384. The molecule has 1 unspecified atom stereocenters. The third-order valence-corrected chi connectivity index (χ3v) is 7.43. The quantitative estimate of drug-likeness (QED) is 0.0876. The summed E-state index contributed by atoms with van der Waals surface area (Å²) >= 11 is 0. The Labute approximate surface area is 220 Å². The number of aliphatic imine (C=N–C) groups is 1. The van der Waals surface area contributed by atoms with Crippen LogP contribution >= 0.6 is 0 Å². The maximum absolute atomic E-state index is 13.4. The molecule has 2 atom stereocenters. The fourth-order valence-corrected chi connectivity index (χ4v) is 5.24. The summed E-state index contributed by atoms with van der Waals surface area (Å²) in [6.45, 7) is 6.43. The van der Waals surface area contributed by atoms with Gasteiger partial charge >= 0.3 is 8.05 Å². The number of aliphatic hydroxyl groups excluding tert-OH is 1. The number of nitro groups is 1. The summed E-state index contributed by atoms with van der Waals surface area (Å²) < 4.78 is 38.6. The van der Waals surface area contributed by atoms with Crippen LogP contribution in [0.3, 0.4) is 0 Å². The fraction of sp³-hybridized carbons (Fsp3) is 0.480. The maximum atomic E-state index is 13.4. The zero-order valence-corrected chi connectivity index (χ0v) is 22.6. The Hall–Kier alpha value is -2.96. The molecule has 37 heavy (non-hydrogen) atoms. The van der Waals surface area contributed by atoms with Crippen molar-refractivity contribution in [3.63, 3.8) is 0 Å². The number of nitrogens with zero attached hydrogens (tertiary/aromatic N) is 3. The van der Waals surface area contributed by atoms with E-state index in [1.54, 1.807) is 0 Å². The zero-order valence-electron chi connectivity index (χ0n) is 21.8. The van der Waals surface area contributed by atoms with Crippen LogP contribution in [-0.2, 0) is 21.1 Å². The van der Waals surface area contributed by atoms with Crippen molar-refractivity contribution in [2.45, 2.75) is 57.1 Å². The van der Waals surface area contributed by atoms with E-state index in [9.17, 15) is 23.6 Å². The molecule has 0 aliphatic carbocycles. The van der Waals surface area contributed by atoms with E-state index < -0.39 is 27.1 Å². The first kappa shape index (κ1) is 30.3. The van der Waals surface area contributed by atoms with Gasteiger partial charge in [0.25, 0.3) is 5.69 Å². The Morgan fingerprint density at radius 1 is 1.14 bits per heavy atom. The first-order valence-corrected chi connectivity index (χ1v) is 13.7. The molecular formula is C25H36BN3O7S. The molecule has 0 aliphatic heterocycles. The minimum atomic E-state index is -4.03. The number of hydrogen-bond donors (Lipinski definition) is 1. The van der Waals surface area contributed by atoms with E-state index in [1.807, 2.05) is 38.1 Å². The summed E-state index contributed by atoms with van der Waals surface area (Å²) in [5.41, 5.74) is 0.693. The highest BCUT2D eigenvalue weighted by Gasteiger charge is 2.30. The average molecular weight is 533 g/mol. The van der Waals surface area contributed by atoms with Crippen LogP contribution in [0.25, 0.3) is 0 Å². The number of non-ortho nitro benzene ring substituents is 1. The monoisotopic (exact) mass is 533 g/mol. The van der Waals surface area contributed by atoms with Crippen LogP contribution in [0.2, 0.25) is 0 Å². The molecule has 0 fully saturated rings. The Morgan fingerprint density at radius 3 is 2.32 bits per heavy atom. The largest absolute Gasteiger partial charge is 0.560 e. The molecule has 2 aromatic carbocycles. The molecule has 12 heteroatoms. The molecule has 0 spiro atoms. The van der Waals surface area contributed by atoms with Crippen LogP contribution in [0.4, 0.5) is 5.69 Å². The van der Waals surface area contributed by atoms with Gasteiger partial charge in [-0.05, 0) is 48.6 Å². The van der Waals surface area contributed by atoms with Crippen molar-refractivity contribution in [3.8, 4) is 5.75 Å². The zero-order chi connectivity index (χ0) is 27.4. The van der Waals surface area contributed by atoms with Crippen LogP contribution in [0.5, 0.6) is 5.75 Å². The van der Waals surface area contributed by atoms with Crippen molar-refractivity contribution in [3.05, 3.63) is 64.2 Å². The highest BCUT2D eigenvalue weighted by Crippen LogP contribution is 2.22. The molecule has 0 amide bonds. The van der Waals surface area contributed by atoms with Crippen LogP contribution in [-0.4, -0.2) is 69.0 Å². The van der Waals surface area contributed by atoms with Crippen LogP contribution < -0.4 is 4.74 Å². The van der Waals surface area contributed by atoms with Crippen LogP contribution in [0.15, 0.2) is 58.4 Å². The highest BCUT2D eigenvalue weighted by molar-refractivity contribution is 7.89. The first-order valence-electron chi connectivity index (χ1n) is 12.3. The van der Waals surface area contributed by atoms with Gasteiger partial charge < -0.3 is 14.5 Å². The van der Waals surface area contributed by atoms with Gasteiger partial charge in [-0.1, -0.05) is 39.3 Å². The van der Waals surface area contributed by atoms with Gasteiger partial charge in [-0.2, -0.15) is 4.31 Å². The molecule has 0 aliphatic rings. The Kier molecular flexibility index (Phi) is 12.0. The average Bonchev–Trinajstić information content (AvgIpc) is 2.86. The van der Waals surface area contributed by atoms with Gasteiger partial charge in [0.2, 0.25) is 10.0 Å². The minimum Gasteiger partial charge on any atom is -0.560 e. The van der Waals surface area contributed by atoms with Gasteiger partial charge in [0.05, 0.1) is 28.6 Å². The highest BCUT2D eigenvalue weighted by atomic mass is 32.2. The number of benzene rings is 2. The molecule has 0 saturated carbocycles. The van der Waals surface area contributed by atoms with Crippen LogP contribution in [0, 0.1) is 16.0 Å². The summed E-state index contributed by atoms with van der Waals surface area (Å²) in [7, 11) is -2.58. The summed E-state index contributed by atoms with van der Waals surface area (Å²) in [6, 6.07) is 11.5. The Morgan fingerprint density at radius 2 is 1.78 bits per heavy atom. The van der Waals surface area contributed by atoms with Gasteiger partial charge in [0, 0.05) is 25.2 Å². The molecule has 202 valence electrons. The van der Waals surface area contributed by atoms with Gasteiger partial charge in [-0.15, -0.1) is 0 Å². The van der Waals surface area contributed by atoms with Crippen molar-refractivity contribution < 1.29 is 27.8 Å². The predicted molar refractivity (Wildman–Crippen MR) is 145 cm³/mol. The molecule has 2 rings (SSSR count). The number of hydrogen-bond acceptors (Lipinski definition) is 8. The lowest BCUT2D eigenvalue weighted by atomic mass is 10.0. The topological polar surface area (TPSA) is 132 Å². The predicted octanol–water partition coefficient (Wildman–Crippen LogP) is 2.99. The SMILES string of the molecule is BOC=N[C@@H](Cc1ccc(OCCCC)cc1)C(O)CN(CC(C)C)S(=O)(=O)c1ccc([N+](=O)[O-])cc1. The number of nitro benzene ring substituents is 1. The molecule has 0 heterocycles. The molecule has 10 nitrogen and oxygen atoms in total. The standard InChI is InChI=1S/C25H36BN3O7S/c1-4-5-14-35-22-10-6-20(7-11-22)15-24(27-18-36-26)25(30)17-28(16-19(2)3)37(33,34)23-12-8-21(9-13-23)29(31)32/h6-13,18-19,24-25,30H,4-5,14-17,26H2,1-3H3/t24-,25?/m0/s1. The van der Waals surface area contributed by atoms with E-state index in [4.69, 9.17) is 9.39 Å². The number of unbranched alkanes of at least 4 members (excludes halogenated alkanes) is 1. The summed E-state index contributed by atoms with van der Waals surface area (Å²) in [5, 5.41) is 22.1. The second kappa shape index (κ2) is 14.7. The minimum absolute atomic E-state index is 0.0267. The molecule has 0 aromatic heterocycles. The molecule has 0 saturated heterocycles. The summed E-state index contributed by atoms with van der Waals surface area (Å²) in [5.74, 6) is 0.730. The number of rotatable bonds is 16. The lowest BCUT2D eigenvalue weighted by Crippen LogP contribution is -2.44. The third kappa shape index (κ3) is 9.45. The molecule has 0 radical (unpaired) electrons. The molecular weight excluding hydrogens is 497 g/mol. The van der Waals surface area contributed by atoms with Crippen molar-refractivity contribution >= 4 is 30.2 Å². The smallest absolute Gasteiger partial charge is 0.323 e. The van der Waals surface area contributed by atoms with Gasteiger partial charge in [0.1, 0.15) is 5.75 Å². The van der Waals surface area contributed by atoms with Crippen molar-refractivity contribution in [2.75, 3.05) is 19.7 Å². The first-order chi connectivity index (χ1) is 17.6. The number of aliphatic hydroxyl groups is 1. The van der Waals surface area contributed by atoms with Crippen molar-refractivity contribution in [1.82, 2.24) is 4.31 Å². The summed E-state index contributed by atoms with van der Waals surface area (Å²) in [6.07, 6.45) is 2.45. The van der Waals surface area contributed by atoms with E-state index in [-0.39, 0.29) is 29.6 Å². The molecule has 1 N–H and O–H groups in total. The van der Waals surface area contributed by atoms with Gasteiger partial charge in [-0.25, -0.2) is 8.42 Å². The van der Waals surface area contributed by atoms with Crippen LogP contribution in [0.1, 0.15) is 39.2 Å². The second-order valence-electron chi connectivity index (χ2n) is 9.14. The van der Waals surface area contributed by atoms with E-state index in [2.05, 4.69) is 11.9 Å². The number of sulfonamides is 1.